The van der Waals surface area contributed by atoms with Gasteiger partial charge in [0, 0.05) is 45.0 Å². The number of urea groups is 1. The van der Waals surface area contributed by atoms with Crippen LogP contribution in [0.2, 0.25) is 0 Å². The lowest BCUT2D eigenvalue weighted by atomic mass is 10.1. The number of amides is 2. The molecule has 0 N–H and O–H groups in total. The number of likely N-dealkylation sites (tertiary alicyclic amines) is 1. The first-order valence-electron chi connectivity index (χ1n) is 15.6. The molecule has 1 atom stereocenters. The molecule has 0 spiro atoms. The van der Waals surface area contributed by atoms with Gasteiger partial charge in [0.2, 0.25) is 5.89 Å². The summed E-state index contributed by atoms with van der Waals surface area (Å²) >= 11 is 1.30. The molecule has 3 fully saturated rings. The van der Waals surface area contributed by atoms with Gasteiger partial charge in [-0.1, -0.05) is 18.2 Å². The number of nitrogens with zero attached hydrogens (tertiary/aromatic N) is 5. The van der Waals surface area contributed by atoms with Crippen molar-refractivity contribution in [3.8, 4) is 16.5 Å². The maximum absolute atomic E-state index is 14.5. The van der Waals surface area contributed by atoms with Crippen molar-refractivity contribution in [2.24, 2.45) is 0 Å². The number of carbonyl (C=O) groups is 1. The standard InChI is InChI=1S/C32H37N5O8S/c1-20-26-29(38)37(21-17-35(18-21)31(39)34-10-15-43-16-11-34)32(40)36(30(26)46-27(20)28-33-9-14-44-28)19-25(45-22-7-12-42-13-8-22)23-5-3-4-6-24(23)41-2/h3-6,9,14,21-22,25H,7-8,10-13,15-19H2,1-2H3. The topological polar surface area (TPSA) is 130 Å². The van der Waals surface area contributed by atoms with Crippen molar-refractivity contribution in [3.63, 3.8) is 0 Å². The minimum atomic E-state index is -0.556. The smallest absolute Gasteiger partial charge is 0.332 e. The van der Waals surface area contributed by atoms with Crippen LogP contribution in [0.5, 0.6) is 5.75 Å². The first-order valence-corrected chi connectivity index (χ1v) is 16.4. The first kappa shape index (κ1) is 30.7. The van der Waals surface area contributed by atoms with Crippen molar-refractivity contribution in [2.45, 2.75) is 44.6 Å². The van der Waals surface area contributed by atoms with Crippen LogP contribution in [-0.2, 0) is 20.8 Å². The highest BCUT2D eigenvalue weighted by atomic mass is 32.1. The van der Waals surface area contributed by atoms with Gasteiger partial charge in [0.25, 0.3) is 5.56 Å². The molecule has 244 valence electrons. The van der Waals surface area contributed by atoms with Crippen molar-refractivity contribution in [3.05, 3.63) is 68.7 Å². The minimum absolute atomic E-state index is 0.0694. The molecule has 0 aliphatic carbocycles. The summed E-state index contributed by atoms with van der Waals surface area (Å²) in [6.07, 6.45) is 3.88. The molecule has 6 heterocycles. The highest BCUT2D eigenvalue weighted by Crippen LogP contribution is 2.38. The maximum atomic E-state index is 14.5. The van der Waals surface area contributed by atoms with Crippen molar-refractivity contribution in [2.75, 3.05) is 59.7 Å². The van der Waals surface area contributed by atoms with E-state index in [0.29, 0.717) is 71.8 Å². The molecular formula is C32H37N5O8S. The Balaban J connectivity index is 1.31. The van der Waals surface area contributed by atoms with Gasteiger partial charge in [0.1, 0.15) is 22.9 Å². The summed E-state index contributed by atoms with van der Waals surface area (Å²) in [6, 6.07) is 7.06. The second-order valence-corrected chi connectivity index (χ2v) is 12.8. The molecule has 3 aromatic heterocycles. The van der Waals surface area contributed by atoms with Crippen molar-refractivity contribution in [1.82, 2.24) is 23.9 Å². The number of oxazole rings is 1. The van der Waals surface area contributed by atoms with Gasteiger partial charge in [-0.05, 0) is 31.4 Å². The van der Waals surface area contributed by atoms with E-state index in [0.717, 1.165) is 18.4 Å². The fourth-order valence-electron chi connectivity index (χ4n) is 6.47. The number of morpholine rings is 1. The second kappa shape index (κ2) is 13.0. The number of thiophene rings is 1. The van der Waals surface area contributed by atoms with E-state index in [2.05, 4.69) is 4.98 Å². The maximum Gasteiger partial charge on any atom is 0.332 e. The van der Waals surface area contributed by atoms with E-state index in [9.17, 15) is 14.4 Å². The number of benzene rings is 1. The molecule has 13 nitrogen and oxygen atoms in total. The zero-order chi connectivity index (χ0) is 31.8. The van der Waals surface area contributed by atoms with E-state index >= 15 is 0 Å². The van der Waals surface area contributed by atoms with Crippen LogP contribution in [0.1, 0.15) is 36.1 Å². The monoisotopic (exact) mass is 651 g/mol. The molecule has 0 saturated carbocycles. The van der Waals surface area contributed by atoms with Crippen LogP contribution in [-0.4, -0.2) is 95.8 Å². The van der Waals surface area contributed by atoms with Gasteiger partial charge >= 0.3 is 11.7 Å². The van der Waals surface area contributed by atoms with Crippen LogP contribution in [0.4, 0.5) is 4.79 Å². The Morgan fingerprint density at radius 2 is 1.80 bits per heavy atom. The fourth-order valence-corrected chi connectivity index (χ4v) is 7.72. The highest BCUT2D eigenvalue weighted by molar-refractivity contribution is 7.22. The number of hydrogen-bond acceptors (Lipinski definition) is 10. The summed E-state index contributed by atoms with van der Waals surface area (Å²) in [4.78, 5) is 50.8. The quantitative estimate of drug-likeness (QED) is 0.281. The van der Waals surface area contributed by atoms with Crippen LogP contribution < -0.4 is 16.0 Å². The number of aryl methyl sites for hydroxylation is 1. The number of rotatable bonds is 8. The third kappa shape index (κ3) is 5.63. The molecule has 7 rings (SSSR count). The Kier molecular flexibility index (Phi) is 8.68. The van der Waals surface area contributed by atoms with E-state index < -0.39 is 17.8 Å². The average molecular weight is 652 g/mol. The van der Waals surface area contributed by atoms with E-state index in [4.69, 9.17) is 23.4 Å². The SMILES string of the molecule is COc1ccccc1C(Cn1c(=O)n(C2CN(C(=O)N3CCOCC3)C2)c(=O)c2c(C)c(-c3ncco3)sc21)OC1CCOCC1. The molecule has 0 radical (unpaired) electrons. The van der Waals surface area contributed by atoms with E-state index in [-0.39, 0.29) is 37.3 Å². The molecule has 0 bridgehead atoms. The van der Waals surface area contributed by atoms with Crippen molar-refractivity contribution < 1.29 is 28.2 Å². The third-order valence-corrected chi connectivity index (χ3v) is 10.3. The Morgan fingerprint density at radius 3 is 2.52 bits per heavy atom. The van der Waals surface area contributed by atoms with Crippen molar-refractivity contribution in [1.29, 1.82) is 0 Å². The molecule has 3 saturated heterocycles. The van der Waals surface area contributed by atoms with Gasteiger partial charge in [-0.15, -0.1) is 11.3 Å². The molecule has 14 heteroatoms. The van der Waals surface area contributed by atoms with Gasteiger partial charge in [-0.3, -0.25) is 13.9 Å². The summed E-state index contributed by atoms with van der Waals surface area (Å²) in [6.45, 7) is 5.76. The lowest BCUT2D eigenvalue weighted by Gasteiger charge is -2.43. The fraction of sp³-hybridized carbons (Fsp3) is 0.500. The van der Waals surface area contributed by atoms with Crippen LogP contribution in [0.15, 0.2) is 50.7 Å². The molecular weight excluding hydrogens is 614 g/mol. The molecule has 3 aliphatic rings. The number of para-hydroxylation sites is 1. The molecule has 2 amide bonds. The predicted molar refractivity (Wildman–Crippen MR) is 170 cm³/mol. The average Bonchev–Trinajstić information content (AvgIpc) is 3.72. The van der Waals surface area contributed by atoms with Gasteiger partial charge < -0.3 is 33.2 Å². The van der Waals surface area contributed by atoms with Gasteiger partial charge in [0.15, 0.2) is 0 Å². The minimum Gasteiger partial charge on any atom is -0.496 e. The predicted octanol–water partition coefficient (Wildman–Crippen LogP) is 3.44. The Labute approximate surface area is 268 Å². The summed E-state index contributed by atoms with van der Waals surface area (Å²) < 4.78 is 32.0. The normalized spacial score (nSPS) is 18.6. The summed E-state index contributed by atoms with van der Waals surface area (Å²) in [5, 5.41) is 0.431. The summed E-state index contributed by atoms with van der Waals surface area (Å²) in [7, 11) is 1.61. The lowest BCUT2D eigenvalue weighted by molar-refractivity contribution is -0.0753. The molecule has 46 heavy (non-hydrogen) atoms. The van der Waals surface area contributed by atoms with Gasteiger partial charge in [-0.25, -0.2) is 14.6 Å². The number of fused-ring (bicyclic) bond motifs is 1. The van der Waals surface area contributed by atoms with E-state index in [1.807, 2.05) is 31.2 Å². The Morgan fingerprint density at radius 1 is 1.07 bits per heavy atom. The van der Waals surface area contributed by atoms with Crippen LogP contribution in [0.25, 0.3) is 21.0 Å². The lowest BCUT2D eigenvalue weighted by Crippen LogP contribution is -2.60. The van der Waals surface area contributed by atoms with E-state index in [1.165, 1.54) is 22.2 Å². The van der Waals surface area contributed by atoms with Gasteiger partial charge in [0.05, 0.1) is 55.5 Å². The second-order valence-electron chi connectivity index (χ2n) is 11.8. The number of methoxy groups -OCH3 is 1. The number of aromatic nitrogens is 3. The first-order chi connectivity index (χ1) is 22.4. The van der Waals surface area contributed by atoms with Gasteiger partial charge in [-0.2, -0.15) is 0 Å². The van der Waals surface area contributed by atoms with Crippen LogP contribution in [0, 0.1) is 6.92 Å². The van der Waals surface area contributed by atoms with E-state index in [1.54, 1.807) is 27.7 Å². The third-order valence-electron chi connectivity index (χ3n) is 9.01. The van der Waals surface area contributed by atoms with Crippen molar-refractivity contribution >= 4 is 27.6 Å². The molecule has 3 aliphatic heterocycles. The Hall–Kier alpha value is -3.98. The summed E-state index contributed by atoms with van der Waals surface area (Å²) in [5.41, 5.74) is 0.665. The van der Waals surface area contributed by atoms with Crippen LogP contribution in [0.3, 0.4) is 0 Å². The largest absolute Gasteiger partial charge is 0.496 e. The Bertz CT molecular complexity index is 1810. The number of carbonyl (C=O) groups excluding carboxylic acids is 1. The number of ether oxygens (including phenoxy) is 4. The zero-order valence-electron chi connectivity index (χ0n) is 25.9. The molecule has 1 unspecified atom stereocenters. The number of hydrogen-bond donors (Lipinski definition) is 0. The molecule has 4 aromatic rings. The highest BCUT2D eigenvalue weighted by Gasteiger charge is 2.38. The summed E-state index contributed by atoms with van der Waals surface area (Å²) in [5.74, 6) is 1.03. The zero-order valence-corrected chi connectivity index (χ0v) is 26.7. The molecule has 1 aromatic carbocycles. The van der Waals surface area contributed by atoms with Crippen LogP contribution >= 0.6 is 11.3 Å².